The lowest BCUT2D eigenvalue weighted by Crippen LogP contribution is -2.14. The van der Waals surface area contributed by atoms with Gasteiger partial charge >= 0.3 is 5.97 Å². The Balaban J connectivity index is 1.71. The number of nitrogens with zero attached hydrogens (tertiary/aromatic N) is 1. The van der Waals surface area contributed by atoms with Crippen LogP contribution in [0.1, 0.15) is 37.0 Å². The fourth-order valence-corrected chi connectivity index (χ4v) is 3.30. The Morgan fingerprint density at radius 1 is 1.19 bits per heavy atom. The minimum Gasteiger partial charge on any atom is -0.497 e. The lowest BCUT2D eigenvalue weighted by Gasteiger charge is -2.08. The summed E-state index contributed by atoms with van der Waals surface area (Å²) in [5, 5.41) is 14.4. The first-order valence-electron chi connectivity index (χ1n) is 8.19. The highest BCUT2D eigenvalue weighted by molar-refractivity contribution is 7.09. The first-order chi connectivity index (χ1) is 13.0. The van der Waals surface area contributed by atoms with Gasteiger partial charge in [-0.1, -0.05) is 18.2 Å². The third-order valence-corrected chi connectivity index (χ3v) is 4.88. The van der Waals surface area contributed by atoms with Crippen LogP contribution in [0.25, 0.3) is 0 Å². The highest BCUT2D eigenvalue weighted by Gasteiger charge is 2.14. The molecule has 7 heteroatoms. The van der Waals surface area contributed by atoms with Gasteiger partial charge in [0, 0.05) is 17.5 Å². The second kappa shape index (κ2) is 8.01. The topological polar surface area (TPSA) is 88.5 Å². The zero-order chi connectivity index (χ0) is 19.4. The minimum absolute atomic E-state index is 0.120. The van der Waals surface area contributed by atoms with Crippen LogP contribution < -0.4 is 10.1 Å². The van der Waals surface area contributed by atoms with Crippen LogP contribution in [-0.4, -0.2) is 29.1 Å². The number of carbonyl (C=O) groups excluding carboxylic acids is 1. The maximum absolute atomic E-state index is 12.5. The van der Waals surface area contributed by atoms with Crippen molar-refractivity contribution in [2.45, 2.75) is 13.3 Å². The Hall–Kier alpha value is -3.19. The molecule has 2 N–H and O–H groups in total. The highest BCUT2D eigenvalue weighted by atomic mass is 32.1. The molecule has 1 aromatic heterocycles. The molecule has 0 unspecified atom stereocenters. The first kappa shape index (κ1) is 18.6. The molecule has 0 aliphatic carbocycles. The zero-order valence-corrected chi connectivity index (χ0v) is 15.7. The van der Waals surface area contributed by atoms with Gasteiger partial charge in [-0.05, 0) is 42.3 Å². The third kappa shape index (κ3) is 4.51. The number of nitrogens with one attached hydrogen (secondary N) is 1. The van der Waals surface area contributed by atoms with Gasteiger partial charge in [-0.15, -0.1) is 11.3 Å². The number of aryl methyl sites for hydroxylation is 1. The second-order valence-corrected chi connectivity index (χ2v) is 6.88. The van der Waals surface area contributed by atoms with Gasteiger partial charge in [-0.2, -0.15) is 0 Å². The lowest BCUT2D eigenvalue weighted by molar-refractivity contribution is 0.0696. The van der Waals surface area contributed by atoms with Gasteiger partial charge in [0.05, 0.1) is 17.7 Å². The summed E-state index contributed by atoms with van der Waals surface area (Å²) in [4.78, 5) is 28.0. The number of anilines is 1. The summed E-state index contributed by atoms with van der Waals surface area (Å²) in [6.45, 7) is 1.80. The van der Waals surface area contributed by atoms with Crippen LogP contribution in [0.4, 0.5) is 5.69 Å². The smallest absolute Gasteiger partial charge is 0.335 e. The van der Waals surface area contributed by atoms with Crippen molar-refractivity contribution in [2.75, 3.05) is 12.4 Å². The van der Waals surface area contributed by atoms with Crippen molar-refractivity contribution in [2.24, 2.45) is 0 Å². The Kier molecular flexibility index (Phi) is 5.52. The molecule has 0 bridgehead atoms. The molecule has 0 atom stereocenters. The second-order valence-electron chi connectivity index (χ2n) is 5.94. The number of thiazole rings is 1. The normalized spacial score (nSPS) is 10.4. The number of rotatable bonds is 6. The molecule has 2 aromatic carbocycles. The van der Waals surface area contributed by atoms with E-state index in [0.29, 0.717) is 17.8 Å². The van der Waals surface area contributed by atoms with Gasteiger partial charge < -0.3 is 15.2 Å². The van der Waals surface area contributed by atoms with Crippen LogP contribution in [0.15, 0.2) is 47.8 Å². The van der Waals surface area contributed by atoms with E-state index in [1.54, 1.807) is 25.5 Å². The van der Waals surface area contributed by atoms with Crippen molar-refractivity contribution in [3.05, 3.63) is 75.2 Å². The highest BCUT2D eigenvalue weighted by Crippen LogP contribution is 2.20. The molecule has 0 aliphatic heterocycles. The van der Waals surface area contributed by atoms with E-state index in [9.17, 15) is 9.59 Å². The number of aromatic carboxylic acids is 1. The number of methoxy groups -OCH3 is 1. The number of aromatic nitrogens is 1. The minimum atomic E-state index is -1.04. The number of carbonyl (C=O) groups is 2. The summed E-state index contributed by atoms with van der Waals surface area (Å²) in [6.07, 6.45) is 0.621. The molecule has 0 fully saturated rings. The van der Waals surface area contributed by atoms with Crippen molar-refractivity contribution in [3.8, 4) is 5.75 Å². The molecule has 0 saturated carbocycles. The molecule has 3 rings (SSSR count). The van der Waals surface area contributed by atoms with Gasteiger partial charge in [0.1, 0.15) is 11.4 Å². The van der Waals surface area contributed by atoms with Crippen LogP contribution in [0.2, 0.25) is 0 Å². The number of hydrogen-bond acceptors (Lipinski definition) is 5. The average molecular weight is 382 g/mol. The average Bonchev–Trinajstić information content (AvgIpc) is 3.12. The maximum atomic E-state index is 12.5. The molecule has 1 heterocycles. The molecule has 6 nitrogen and oxygen atoms in total. The van der Waals surface area contributed by atoms with Crippen molar-refractivity contribution in [1.82, 2.24) is 4.98 Å². The molecular formula is C20H18N2O4S. The van der Waals surface area contributed by atoms with Crippen LogP contribution in [0.3, 0.4) is 0 Å². The van der Waals surface area contributed by atoms with Gasteiger partial charge in [0.2, 0.25) is 0 Å². The van der Waals surface area contributed by atoms with Crippen LogP contribution >= 0.6 is 11.3 Å². The Bertz CT molecular complexity index is 980. The molecular weight excluding hydrogens is 364 g/mol. The molecule has 27 heavy (non-hydrogen) atoms. The van der Waals surface area contributed by atoms with Crippen LogP contribution in [-0.2, 0) is 6.42 Å². The van der Waals surface area contributed by atoms with E-state index in [1.165, 1.54) is 23.5 Å². The first-order valence-corrected chi connectivity index (χ1v) is 9.07. The number of carboxylic acids is 1. The largest absolute Gasteiger partial charge is 0.497 e. The van der Waals surface area contributed by atoms with E-state index in [2.05, 4.69) is 10.3 Å². The van der Waals surface area contributed by atoms with Crippen molar-refractivity contribution < 1.29 is 19.4 Å². The monoisotopic (exact) mass is 382 g/mol. The summed E-state index contributed by atoms with van der Waals surface area (Å²) in [7, 11) is 1.62. The fraction of sp³-hybridized carbons (Fsp3) is 0.150. The van der Waals surface area contributed by atoms with Crippen molar-refractivity contribution in [3.63, 3.8) is 0 Å². The van der Waals surface area contributed by atoms with E-state index in [-0.39, 0.29) is 11.5 Å². The predicted molar refractivity (Wildman–Crippen MR) is 104 cm³/mol. The van der Waals surface area contributed by atoms with Gasteiger partial charge in [0.15, 0.2) is 0 Å². The van der Waals surface area contributed by atoms with Gasteiger partial charge in [-0.25, -0.2) is 9.78 Å². The number of benzene rings is 2. The number of hydrogen-bond donors (Lipinski definition) is 2. The van der Waals surface area contributed by atoms with Crippen LogP contribution in [0, 0.1) is 6.92 Å². The van der Waals surface area contributed by atoms with E-state index in [0.717, 1.165) is 21.9 Å². The molecule has 0 aliphatic rings. The zero-order valence-electron chi connectivity index (χ0n) is 14.9. The summed E-state index contributed by atoms with van der Waals surface area (Å²) in [5.74, 6) is -0.615. The number of amides is 1. The van der Waals surface area contributed by atoms with E-state index in [1.807, 2.05) is 24.3 Å². The van der Waals surface area contributed by atoms with Gasteiger partial charge in [0.25, 0.3) is 5.91 Å². The SMILES string of the molecule is COc1ccc(Cc2nc(C(=O)Nc3cc(C(=O)O)ccc3C)cs2)cc1. The maximum Gasteiger partial charge on any atom is 0.335 e. The molecule has 138 valence electrons. The number of ether oxygens (including phenoxy) is 1. The molecule has 1 amide bonds. The molecule has 0 radical (unpaired) electrons. The third-order valence-electron chi connectivity index (χ3n) is 4.03. The Morgan fingerprint density at radius 2 is 1.93 bits per heavy atom. The van der Waals surface area contributed by atoms with E-state index < -0.39 is 5.97 Å². The van der Waals surface area contributed by atoms with E-state index in [4.69, 9.17) is 9.84 Å². The molecule has 0 spiro atoms. The lowest BCUT2D eigenvalue weighted by atomic mass is 10.1. The number of carboxylic acid groups (broad SMARTS) is 1. The summed E-state index contributed by atoms with van der Waals surface area (Å²) in [6, 6.07) is 12.3. The van der Waals surface area contributed by atoms with Crippen molar-refractivity contribution in [1.29, 1.82) is 0 Å². The van der Waals surface area contributed by atoms with Gasteiger partial charge in [-0.3, -0.25) is 4.79 Å². The van der Waals surface area contributed by atoms with E-state index >= 15 is 0 Å². The van der Waals surface area contributed by atoms with Crippen molar-refractivity contribution >= 4 is 28.9 Å². The Labute approximate surface area is 160 Å². The summed E-state index contributed by atoms with van der Waals surface area (Å²) in [5.41, 5.74) is 2.74. The molecule has 3 aromatic rings. The quantitative estimate of drug-likeness (QED) is 0.673. The fourth-order valence-electron chi connectivity index (χ4n) is 2.49. The summed E-state index contributed by atoms with van der Waals surface area (Å²) >= 11 is 1.41. The Morgan fingerprint density at radius 3 is 2.59 bits per heavy atom. The predicted octanol–water partition coefficient (Wildman–Crippen LogP) is 4.00. The summed E-state index contributed by atoms with van der Waals surface area (Å²) < 4.78 is 5.14. The van der Waals surface area contributed by atoms with Crippen LogP contribution in [0.5, 0.6) is 5.75 Å². The standard InChI is InChI=1S/C20H18N2O4S/c1-12-3-6-14(20(24)25)10-16(12)22-19(23)17-11-27-18(21-17)9-13-4-7-15(26-2)8-5-13/h3-8,10-11H,9H2,1-2H3,(H,22,23)(H,24,25). The molecule has 0 saturated heterocycles.